The van der Waals surface area contributed by atoms with Crippen LogP contribution in [0.3, 0.4) is 0 Å². The Morgan fingerprint density at radius 3 is 1.17 bits per heavy atom. The number of Topliss-reactive ketones (excluding diaryl/α,β-unsaturated/α-hetero) is 1. The first-order valence-corrected chi connectivity index (χ1v) is 4.12. The molecule has 70 valence electrons. The van der Waals surface area contributed by atoms with Crippen LogP contribution >= 0.6 is 23.2 Å². The van der Waals surface area contributed by atoms with E-state index in [9.17, 15) is 14.4 Å². The summed E-state index contributed by atoms with van der Waals surface area (Å²) in [5.74, 6) is 0.343. The van der Waals surface area contributed by atoms with Gasteiger partial charge in [0.25, 0.3) is 0 Å². The van der Waals surface area contributed by atoms with Crippen LogP contribution in [0.15, 0.2) is 0 Å². The monoisotopic (exact) mass is 212 g/mol. The van der Waals surface area contributed by atoms with E-state index in [-0.39, 0.29) is 0 Å². The molecule has 0 unspecified atom stereocenters. The summed E-state index contributed by atoms with van der Waals surface area (Å²) in [5, 5.41) is -2.28. The van der Waals surface area contributed by atoms with E-state index in [0.717, 1.165) is 0 Å². The zero-order valence-electron chi connectivity index (χ0n) is 6.89. The van der Waals surface area contributed by atoms with E-state index in [2.05, 4.69) is 23.2 Å². The second kappa shape index (κ2) is 8.68. The first-order chi connectivity index (χ1) is 5.45. The van der Waals surface area contributed by atoms with E-state index in [1.54, 1.807) is 0 Å². The van der Waals surface area contributed by atoms with E-state index < -0.39 is 10.5 Å². The number of carbonyl (C=O) groups excluding carboxylic acids is 3. The van der Waals surface area contributed by atoms with Gasteiger partial charge in [-0.15, -0.1) is 0 Å². The lowest BCUT2D eigenvalue weighted by Crippen LogP contribution is -1.94. The van der Waals surface area contributed by atoms with Crippen LogP contribution in [0, 0.1) is 0 Å². The molecule has 0 amide bonds. The highest BCUT2D eigenvalue weighted by Crippen LogP contribution is 1.84. The van der Waals surface area contributed by atoms with Gasteiger partial charge in [0.05, 0.1) is 0 Å². The van der Waals surface area contributed by atoms with Gasteiger partial charge in [-0.2, -0.15) is 0 Å². The number of hydrogen-bond acceptors (Lipinski definition) is 3. The Morgan fingerprint density at radius 2 is 1.17 bits per heavy atom. The minimum atomic E-state index is -1.14. The summed E-state index contributed by atoms with van der Waals surface area (Å²) in [7, 11) is 0. The zero-order valence-corrected chi connectivity index (χ0v) is 8.41. The van der Waals surface area contributed by atoms with Gasteiger partial charge in [-0.25, -0.2) is 0 Å². The summed E-state index contributed by atoms with van der Waals surface area (Å²) >= 11 is 8.98. The Balaban J connectivity index is 0. The van der Waals surface area contributed by atoms with Crippen LogP contribution < -0.4 is 0 Å². The lowest BCUT2D eigenvalue weighted by atomic mass is 10.3. The molecule has 0 aliphatic carbocycles. The molecule has 0 aromatic rings. The molecular weight excluding hydrogens is 203 g/mol. The van der Waals surface area contributed by atoms with Crippen molar-refractivity contribution in [2.45, 2.75) is 26.7 Å². The fourth-order valence-corrected chi connectivity index (χ4v) is 0.250. The molecular formula is C7H10Cl2O3. The maximum atomic E-state index is 10.2. The van der Waals surface area contributed by atoms with Gasteiger partial charge in [-0.1, -0.05) is 13.8 Å². The van der Waals surface area contributed by atoms with Crippen molar-refractivity contribution in [1.82, 2.24) is 0 Å². The SMILES string of the molecule is CCC(=O)CC.O=C(Cl)C(=O)Cl. The molecule has 0 rings (SSSR count). The molecule has 0 bridgehead atoms. The van der Waals surface area contributed by atoms with E-state index in [1.165, 1.54) is 0 Å². The van der Waals surface area contributed by atoms with Crippen LogP contribution in [0.5, 0.6) is 0 Å². The Kier molecular flexibility index (Phi) is 10.2. The van der Waals surface area contributed by atoms with Gasteiger partial charge in [0.15, 0.2) is 0 Å². The average molecular weight is 213 g/mol. The first-order valence-electron chi connectivity index (χ1n) is 3.36. The van der Waals surface area contributed by atoms with Gasteiger partial charge in [0.1, 0.15) is 5.78 Å². The van der Waals surface area contributed by atoms with Gasteiger partial charge in [0.2, 0.25) is 0 Å². The maximum absolute atomic E-state index is 10.2. The largest absolute Gasteiger partial charge is 0.304 e. The number of halogens is 2. The van der Waals surface area contributed by atoms with Crippen molar-refractivity contribution in [1.29, 1.82) is 0 Å². The third-order valence-electron chi connectivity index (χ3n) is 0.943. The van der Waals surface area contributed by atoms with Crippen molar-refractivity contribution in [3.8, 4) is 0 Å². The highest BCUT2D eigenvalue weighted by atomic mass is 35.5. The molecule has 0 aromatic heterocycles. The highest BCUT2D eigenvalue weighted by Gasteiger charge is 2.01. The molecule has 5 heteroatoms. The first kappa shape index (κ1) is 14.1. The van der Waals surface area contributed by atoms with Crippen molar-refractivity contribution in [2.75, 3.05) is 0 Å². The van der Waals surface area contributed by atoms with E-state index >= 15 is 0 Å². The molecule has 12 heavy (non-hydrogen) atoms. The Bertz CT molecular complexity index is 159. The van der Waals surface area contributed by atoms with Crippen molar-refractivity contribution in [3.05, 3.63) is 0 Å². The molecule has 0 spiro atoms. The third kappa shape index (κ3) is 12.3. The lowest BCUT2D eigenvalue weighted by molar-refractivity contribution is -0.127. The van der Waals surface area contributed by atoms with E-state index in [4.69, 9.17) is 0 Å². The van der Waals surface area contributed by atoms with E-state index in [1.807, 2.05) is 13.8 Å². The van der Waals surface area contributed by atoms with Crippen LogP contribution in [0.1, 0.15) is 26.7 Å². The molecule has 3 nitrogen and oxygen atoms in total. The highest BCUT2D eigenvalue weighted by molar-refractivity contribution is 6.97. The Morgan fingerprint density at radius 1 is 0.917 bits per heavy atom. The lowest BCUT2D eigenvalue weighted by Gasteiger charge is -1.81. The predicted octanol–water partition coefficient (Wildman–Crippen LogP) is 1.89. The minimum absolute atomic E-state index is 0.343. The van der Waals surface area contributed by atoms with Gasteiger partial charge in [-0.3, -0.25) is 14.4 Å². The van der Waals surface area contributed by atoms with Gasteiger partial charge in [-0.05, 0) is 23.2 Å². The van der Waals surface area contributed by atoms with Gasteiger partial charge in [0, 0.05) is 12.8 Å². The smallest absolute Gasteiger partial charge is 0.300 e. The summed E-state index contributed by atoms with van der Waals surface area (Å²) in [4.78, 5) is 29.0. The molecule has 0 aliphatic rings. The summed E-state index contributed by atoms with van der Waals surface area (Å²) in [6.45, 7) is 3.76. The summed E-state index contributed by atoms with van der Waals surface area (Å²) in [6.07, 6.45) is 1.38. The van der Waals surface area contributed by atoms with Crippen LogP contribution in [-0.4, -0.2) is 16.3 Å². The van der Waals surface area contributed by atoms with Gasteiger partial charge < -0.3 is 0 Å². The van der Waals surface area contributed by atoms with Crippen molar-refractivity contribution < 1.29 is 14.4 Å². The molecule has 0 fully saturated rings. The predicted molar refractivity (Wildman–Crippen MR) is 47.3 cm³/mol. The molecule has 0 radical (unpaired) electrons. The van der Waals surface area contributed by atoms with Crippen LogP contribution in [0.25, 0.3) is 0 Å². The zero-order chi connectivity index (χ0) is 10.1. The number of carbonyl (C=O) groups is 3. The standard InChI is InChI=1S/C5H10O.C2Cl2O2/c1-3-5(6)4-2;3-1(5)2(4)6/h3-4H2,1-2H3;. The van der Waals surface area contributed by atoms with Crippen LogP contribution in [0.2, 0.25) is 0 Å². The van der Waals surface area contributed by atoms with Gasteiger partial charge >= 0.3 is 10.5 Å². The quantitative estimate of drug-likeness (QED) is 0.531. The van der Waals surface area contributed by atoms with E-state index in [0.29, 0.717) is 18.6 Å². The molecule has 0 atom stereocenters. The number of rotatable bonds is 3. The van der Waals surface area contributed by atoms with Crippen molar-refractivity contribution >= 4 is 39.5 Å². The fourth-order valence-electron chi connectivity index (χ4n) is 0.250. The summed E-state index contributed by atoms with van der Waals surface area (Å²) < 4.78 is 0. The molecule has 0 aromatic carbocycles. The molecule has 0 aliphatic heterocycles. The number of hydrogen-bond donors (Lipinski definition) is 0. The second-order valence-electron chi connectivity index (χ2n) is 1.79. The normalized spacial score (nSPS) is 8.00. The van der Waals surface area contributed by atoms with Crippen LogP contribution in [0.4, 0.5) is 0 Å². The molecule has 0 heterocycles. The maximum Gasteiger partial charge on any atom is 0.304 e. The third-order valence-corrected chi connectivity index (χ3v) is 1.38. The fraction of sp³-hybridized carbons (Fsp3) is 0.571. The van der Waals surface area contributed by atoms with Crippen LogP contribution in [-0.2, 0) is 14.4 Å². The van der Waals surface area contributed by atoms with Crippen molar-refractivity contribution in [3.63, 3.8) is 0 Å². The van der Waals surface area contributed by atoms with Crippen molar-refractivity contribution in [2.24, 2.45) is 0 Å². The number of ketones is 1. The summed E-state index contributed by atoms with van der Waals surface area (Å²) in [5.41, 5.74) is 0. The Labute approximate surface area is 81.0 Å². The summed E-state index contributed by atoms with van der Waals surface area (Å²) in [6, 6.07) is 0. The minimum Gasteiger partial charge on any atom is -0.300 e. The Hall–Kier alpha value is -0.410. The average Bonchev–Trinajstić information content (AvgIpc) is 2.04. The molecule has 0 saturated heterocycles. The topological polar surface area (TPSA) is 51.2 Å². The molecule has 0 saturated carbocycles. The molecule has 0 N–H and O–H groups in total. The second-order valence-corrected chi connectivity index (χ2v) is 2.48.